The molecular weight excluding hydrogens is 250 g/mol. The summed E-state index contributed by atoms with van der Waals surface area (Å²) in [5.74, 6) is 0.0307. The number of hydrogen-bond acceptors (Lipinski definition) is 2. The lowest BCUT2D eigenvalue weighted by Crippen LogP contribution is -2.35. The number of nitrogens with zero attached hydrogens (tertiary/aromatic N) is 1. The van der Waals surface area contributed by atoms with Crippen LogP contribution in [-0.2, 0) is 0 Å². The molecule has 1 aromatic rings. The number of carbonyl (C=O) groups is 1. The molecule has 1 heterocycles. The zero-order chi connectivity index (χ0) is 14.5. The number of nitrogens with two attached hydrogens (primary N) is 1. The molecule has 1 unspecified atom stereocenters. The lowest BCUT2D eigenvalue weighted by atomic mass is 10.1. The minimum atomic E-state index is 0.0307. The number of amides is 1. The van der Waals surface area contributed by atoms with E-state index in [1.807, 2.05) is 10.8 Å². The Kier molecular flexibility index (Phi) is 5.10. The van der Waals surface area contributed by atoms with Crippen LogP contribution in [0.3, 0.4) is 0 Å². The van der Waals surface area contributed by atoms with Crippen molar-refractivity contribution in [2.45, 2.75) is 70.9 Å². The van der Waals surface area contributed by atoms with Crippen LogP contribution in [0, 0.1) is 0 Å². The van der Waals surface area contributed by atoms with Crippen molar-refractivity contribution in [1.29, 1.82) is 0 Å². The van der Waals surface area contributed by atoms with E-state index in [2.05, 4.69) is 19.2 Å². The maximum atomic E-state index is 12.5. The number of rotatable bonds is 8. The van der Waals surface area contributed by atoms with E-state index in [0.717, 1.165) is 44.2 Å². The maximum absolute atomic E-state index is 12.5. The fourth-order valence-corrected chi connectivity index (χ4v) is 2.68. The first-order valence-corrected chi connectivity index (χ1v) is 7.93. The van der Waals surface area contributed by atoms with Gasteiger partial charge in [0.25, 0.3) is 5.91 Å². The molecule has 0 saturated heterocycles. The first-order valence-electron chi connectivity index (χ1n) is 7.93. The second-order valence-electron chi connectivity index (χ2n) is 5.90. The molecule has 1 amide bonds. The highest BCUT2D eigenvalue weighted by Crippen LogP contribution is 2.37. The van der Waals surface area contributed by atoms with Gasteiger partial charge in [0.1, 0.15) is 5.69 Å². The quantitative estimate of drug-likeness (QED) is 0.764. The zero-order valence-electron chi connectivity index (χ0n) is 12.7. The monoisotopic (exact) mass is 277 g/mol. The van der Waals surface area contributed by atoms with Crippen LogP contribution >= 0.6 is 0 Å². The molecule has 0 radical (unpaired) electrons. The molecular formula is C16H27N3O. The highest BCUT2D eigenvalue weighted by Gasteiger charge is 2.28. The summed E-state index contributed by atoms with van der Waals surface area (Å²) in [5, 5.41) is 3.19. The number of anilines is 1. The molecule has 2 rings (SSSR count). The Morgan fingerprint density at radius 3 is 2.75 bits per heavy atom. The Morgan fingerprint density at radius 1 is 1.40 bits per heavy atom. The average Bonchev–Trinajstić information content (AvgIpc) is 3.19. The van der Waals surface area contributed by atoms with Gasteiger partial charge in [-0.1, -0.05) is 33.1 Å². The minimum Gasteiger partial charge on any atom is -0.397 e. The van der Waals surface area contributed by atoms with Gasteiger partial charge in [-0.2, -0.15) is 0 Å². The number of carbonyl (C=O) groups excluding carboxylic acids is 1. The maximum Gasteiger partial charge on any atom is 0.268 e. The zero-order valence-corrected chi connectivity index (χ0v) is 12.7. The van der Waals surface area contributed by atoms with Gasteiger partial charge in [0.05, 0.1) is 5.69 Å². The second-order valence-corrected chi connectivity index (χ2v) is 5.90. The summed E-state index contributed by atoms with van der Waals surface area (Å²) in [6.07, 6.45) is 9.75. The van der Waals surface area contributed by atoms with Gasteiger partial charge in [0.2, 0.25) is 0 Å². The van der Waals surface area contributed by atoms with E-state index in [9.17, 15) is 4.79 Å². The van der Waals surface area contributed by atoms with Crippen LogP contribution in [0.15, 0.2) is 12.3 Å². The van der Waals surface area contributed by atoms with Crippen molar-refractivity contribution in [2.24, 2.45) is 0 Å². The predicted octanol–water partition coefficient (Wildman–Crippen LogP) is 3.49. The first-order chi connectivity index (χ1) is 9.65. The Balaban J connectivity index is 2.02. The molecule has 1 aromatic heterocycles. The van der Waals surface area contributed by atoms with Gasteiger partial charge in [0.15, 0.2) is 0 Å². The summed E-state index contributed by atoms with van der Waals surface area (Å²) in [5.41, 5.74) is 7.26. The van der Waals surface area contributed by atoms with Crippen molar-refractivity contribution in [3.8, 4) is 0 Å². The van der Waals surface area contributed by atoms with Crippen molar-refractivity contribution in [2.75, 3.05) is 5.73 Å². The Morgan fingerprint density at radius 2 is 2.15 bits per heavy atom. The minimum absolute atomic E-state index is 0.0307. The smallest absolute Gasteiger partial charge is 0.268 e. The normalized spacial score (nSPS) is 16.1. The standard InChI is InChI=1S/C16H27N3O/c1-3-5-7-13(6-4-2)18-16(20)15-10-12(17)11-19(15)14-8-9-14/h10-11,13-14H,3-9,17H2,1-2H3,(H,18,20). The molecule has 1 aliphatic rings. The summed E-state index contributed by atoms with van der Waals surface area (Å²) >= 11 is 0. The van der Waals surface area contributed by atoms with E-state index in [0.29, 0.717) is 11.7 Å². The van der Waals surface area contributed by atoms with Crippen LogP contribution in [0.5, 0.6) is 0 Å². The van der Waals surface area contributed by atoms with Crippen molar-refractivity contribution in [1.82, 2.24) is 9.88 Å². The van der Waals surface area contributed by atoms with E-state index in [-0.39, 0.29) is 11.9 Å². The van der Waals surface area contributed by atoms with Crippen LogP contribution in [0.1, 0.15) is 75.3 Å². The topological polar surface area (TPSA) is 60.1 Å². The lowest BCUT2D eigenvalue weighted by Gasteiger charge is -2.18. The summed E-state index contributed by atoms with van der Waals surface area (Å²) in [4.78, 5) is 12.5. The van der Waals surface area contributed by atoms with E-state index >= 15 is 0 Å². The van der Waals surface area contributed by atoms with E-state index in [4.69, 9.17) is 5.73 Å². The number of nitrogen functional groups attached to an aromatic ring is 1. The third-order valence-electron chi connectivity index (χ3n) is 3.92. The third kappa shape index (κ3) is 3.78. The van der Waals surface area contributed by atoms with Crippen LogP contribution in [0.4, 0.5) is 5.69 Å². The Bertz CT molecular complexity index is 449. The predicted molar refractivity (Wildman–Crippen MR) is 82.8 cm³/mol. The number of hydrogen-bond donors (Lipinski definition) is 2. The molecule has 0 bridgehead atoms. The molecule has 1 saturated carbocycles. The van der Waals surface area contributed by atoms with E-state index in [1.165, 1.54) is 6.42 Å². The number of nitrogens with one attached hydrogen (secondary N) is 1. The third-order valence-corrected chi connectivity index (χ3v) is 3.92. The molecule has 0 aliphatic heterocycles. The van der Waals surface area contributed by atoms with Gasteiger partial charge in [-0.3, -0.25) is 4.79 Å². The highest BCUT2D eigenvalue weighted by molar-refractivity contribution is 5.94. The van der Waals surface area contributed by atoms with Gasteiger partial charge in [0, 0.05) is 18.3 Å². The number of aromatic nitrogens is 1. The molecule has 1 aliphatic carbocycles. The summed E-state index contributed by atoms with van der Waals surface area (Å²) < 4.78 is 2.05. The second kappa shape index (κ2) is 6.82. The SMILES string of the molecule is CCCCC(CCC)NC(=O)c1cc(N)cn1C1CC1. The van der Waals surface area contributed by atoms with E-state index in [1.54, 1.807) is 6.07 Å². The molecule has 0 spiro atoms. The fraction of sp³-hybridized carbons (Fsp3) is 0.688. The molecule has 4 heteroatoms. The van der Waals surface area contributed by atoms with Crippen molar-refractivity contribution >= 4 is 11.6 Å². The lowest BCUT2D eigenvalue weighted by molar-refractivity contribution is 0.0922. The largest absolute Gasteiger partial charge is 0.397 e. The van der Waals surface area contributed by atoms with Crippen LogP contribution in [-0.4, -0.2) is 16.5 Å². The number of unbranched alkanes of at least 4 members (excludes halogenated alkanes) is 1. The van der Waals surface area contributed by atoms with Crippen molar-refractivity contribution in [3.05, 3.63) is 18.0 Å². The summed E-state index contributed by atoms with van der Waals surface area (Å²) in [6.45, 7) is 4.35. The molecule has 1 fully saturated rings. The molecule has 0 aromatic carbocycles. The van der Waals surface area contributed by atoms with Crippen LogP contribution in [0.2, 0.25) is 0 Å². The van der Waals surface area contributed by atoms with Gasteiger partial charge in [-0.05, 0) is 31.7 Å². The fourth-order valence-electron chi connectivity index (χ4n) is 2.68. The van der Waals surface area contributed by atoms with Crippen LogP contribution in [0.25, 0.3) is 0 Å². The van der Waals surface area contributed by atoms with Gasteiger partial charge < -0.3 is 15.6 Å². The van der Waals surface area contributed by atoms with Gasteiger partial charge in [-0.25, -0.2) is 0 Å². The highest BCUT2D eigenvalue weighted by atomic mass is 16.2. The Hall–Kier alpha value is -1.45. The molecule has 112 valence electrons. The van der Waals surface area contributed by atoms with Crippen molar-refractivity contribution < 1.29 is 4.79 Å². The molecule has 20 heavy (non-hydrogen) atoms. The molecule has 1 atom stereocenters. The Labute approximate surface area is 121 Å². The van der Waals surface area contributed by atoms with Crippen LogP contribution < -0.4 is 11.1 Å². The van der Waals surface area contributed by atoms with Crippen molar-refractivity contribution in [3.63, 3.8) is 0 Å². The average molecular weight is 277 g/mol. The van der Waals surface area contributed by atoms with Gasteiger partial charge in [-0.15, -0.1) is 0 Å². The molecule has 3 N–H and O–H groups in total. The summed E-state index contributed by atoms with van der Waals surface area (Å²) in [6, 6.07) is 2.57. The molecule has 4 nitrogen and oxygen atoms in total. The van der Waals surface area contributed by atoms with Gasteiger partial charge >= 0.3 is 0 Å². The summed E-state index contributed by atoms with van der Waals surface area (Å²) in [7, 11) is 0. The first kappa shape index (κ1) is 14.9. The van der Waals surface area contributed by atoms with E-state index < -0.39 is 0 Å².